The van der Waals surface area contributed by atoms with E-state index in [9.17, 15) is 9.59 Å². The standard InChI is InChI=1S/C11H22N2O3/c1-5-12(4)10(14)8-13(9(2)3)7-6-11(15)16/h9H,5-8H2,1-4H3,(H,15,16). The van der Waals surface area contributed by atoms with Crippen molar-refractivity contribution in [3.8, 4) is 0 Å². The zero-order valence-corrected chi connectivity index (χ0v) is 10.6. The number of likely N-dealkylation sites (N-methyl/N-ethyl adjacent to an activating group) is 1. The minimum Gasteiger partial charge on any atom is -0.481 e. The van der Waals surface area contributed by atoms with E-state index in [2.05, 4.69) is 0 Å². The van der Waals surface area contributed by atoms with E-state index in [4.69, 9.17) is 5.11 Å². The number of rotatable bonds is 7. The molecule has 1 N–H and O–H groups in total. The molecule has 0 aromatic carbocycles. The number of amides is 1. The van der Waals surface area contributed by atoms with Crippen LogP contribution in [0.2, 0.25) is 0 Å². The largest absolute Gasteiger partial charge is 0.481 e. The van der Waals surface area contributed by atoms with E-state index in [0.717, 1.165) is 0 Å². The first-order valence-corrected chi connectivity index (χ1v) is 5.58. The molecule has 0 heterocycles. The molecule has 0 aliphatic carbocycles. The molecule has 0 atom stereocenters. The van der Waals surface area contributed by atoms with Gasteiger partial charge >= 0.3 is 5.97 Å². The molecule has 0 fully saturated rings. The first-order valence-electron chi connectivity index (χ1n) is 5.58. The maximum atomic E-state index is 11.7. The van der Waals surface area contributed by atoms with Gasteiger partial charge in [-0.25, -0.2) is 0 Å². The Labute approximate surface area is 97.0 Å². The van der Waals surface area contributed by atoms with E-state index in [1.54, 1.807) is 11.9 Å². The Kier molecular flexibility index (Phi) is 6.72. The Morgan fingerprint density at radius 1 is 1.31 bits per heavy atom. The summed E-state index contributed by atoms with van der Waals surface area (Å²) in [6.07, 6.45) is 0.0707. The Morgan fingerprint density at radius 3 is 2.25 bits per heavy atom. The molecule has 5 nitrogen and oxygen atoms in total. The Morgan fingerprint density at radius 2 is 1.88 bits per heavy atom. The summed E-state index contributed by atoms with van der Waals surface area (Å²) in [5.41, 5.74) is 0. The number of carboxylic acid groups (broad SMARTS) is 1. The fourth-order valence-corrected chi connectivity index (χ4v) is 1.23. The van der Waals surface area contributed by atoms with Gasteiger partial charge in [-0.05, 0) is 20.8 Å². The molecule has 0 aromatic rings. The van der Waals surface area contributed by atoms with E-state index in [1.165, 1.54) is 0 Å². The van der Waals surface area contributed by atoms with Crippen LogP contribution in [-0.2, 0) is 9.59 Å². The molecule has 0 bridgehead atoms. The summed E-state index contributed by atoms with van der Waals surface area (Å²) in [6, 6.07) is 0.175. The smallest absolute Gasteiger partial charge is 0.304 e. The van der Waals surface area contributed by atoms with Crippen molar-refractivity contribution in [1.82, 2.24) is 9.80 Å². The fraction of sp³-hybridized carbons (Fsp3) is 0.818. The van der Waals surface area contributed by atoms with Crippen molar-refractivity contribution in [2.24, 2.45) is 0 Å². The summed E-state index contributed by atoms with van der Waals surface area (Å²) in [7, 11) is 1.75. The topological polar surface area (TPSA) is 60.9 Å². The zero-order valence-electron chi connectivity index (χ0n) is 10.6. The number of nitrogens with zero attached hydrogens (tertiary/aromatic N) is 2. The van der Waals surface area contributed by atoms with Crippen molar-refractivity contribution in [3.63, 3.8) is 0 Å². The predicted octanol–water partition coefficient (Wildman–Crippen LogP) is 0.650. The molecular formula is C11H22N2O3. The zero-order chi connectivity index (χ0) is 12.7. The van der Waals surface area contributed by atoms with Crippen LogP contribution in [0.25, 0.3) is 0 Å². The van der Waals surface area contributed by atoms with E-state index < -0.39 is 5.97 Å². The SMILES string of the molecule is CCN(C)C(=O)CN(CCC(=O)O)C(C)C. The lowest BCUT2D eigenvalue weighted by atomic mass is 10.2. The van der Waals surface area contributed by atoms with Crippen LogP contribution in [-0.4, -0.2) is 59.5 Å². The fourth-order valence-electron chi connectivity index (χ4n) is 1.23. The summed E-state index contributed by atoms with van der Waals surface area (Å²) < 4.78 is 0. The lowest BCUT2D eigenvalue weighted by molar-refractivity contribution is -0.138. The third-order valence-electron chi connectivity index (χ3n) is 2.58. The summed E-state index contributed by atoms with van der Waals surface area (Å²) in [5, 5.41) is 8.61. The Bertz CT molecular complexity index is 241. The van der Waals surface area contributed by atoms with E-state index in [1.807, 2.05) is 25.7 Å². The van der Waals surface area contributed by atoms with Gasteiger partial charge < -0.3 is 10.0 Å². The molecule has 0 spiro atoms. The highest BCUT2D eigenvalue weighted by molar-refractivity contribution is 5.78. The van der Waals surface area contributed by atoms with Crippen molar-refractivity contribution in [1.29, 1.82) is 0 Å². The summed E-state index contributed by atoms with van der Waals surface area (Å²) in [5.74, 6) is -0.802. The van der Waals surface area contributed by atoms with Gasteiger partial charge in [-0.2, -0.15) is 0 Å². The van der Waals surface area contributed by atoms with Gasteiger partial charge in [-0.3, -0.25) is 14.5 Å². The van der Waals surface area contributed by atoms with Crippen LogP contribution >= 0.6 is 0 Å². The number of carbonyl (C=O) groups excluding carboxylic acids is 1. The lowest BCUT2D eigenvalue weighted by Gasteiger charge is -2.27. The Hall–Kier alpha value is -1.10. The summed E-state index contributed by atoms with van der Waals surface area (Å²) >= 11 is 0. The van der Waals surface area contributed by atoms with Gasteiger partial charge in [0.05, 0.1) is 13.0 Å². The number of aliphatic carboxylic acids is 1. The average Bonchev–Trinajstić information content (AvgIpc) is 2.21. The van der Waals surface area contributed by atoms with Gasteiger partial charge in [-0.15, -0.1) is 0 Å². The molecule has 94 valence electrons. The molecule has 0 saturated carbocycles. The Balaban J connectivity index is 4.22. The van der Waals surface area contributed by atoms with Crippen molar-refractivity contribution in [3.05, 3.63) is 0 Å². The molecule has 0 aromatic heterocycles. The van der Waals surface area contributed by atoms with Gasteiger partial charge in [0, 0.05) is 26.2 Å². The maximum absolute atomic E-state index is 11.7. The second kappa shape index (κ2) is 7.22. The molecule has 0 aliphatic rings. The molecule has 0 aliphatic heterocycles. The van der Waals surface area contributed by atoms with E-state index in [-0.39, 0.29) is 24.9 Å². The number of hydrogen-bond acceptors (Lipinski definition) is 3. The van der Waals surface area contributed by atoms with Gasteiger partial charge in [-0.1, -0.05) is 0 Å². The molecule has 5 heteroatoms. The van der Waals surface area contributed by atoms with Crippen LogP contribution in [0.1, 0.15) is 27.2 Å². The number of carboxylic acids is 1. The predicted molar refractivity (Wildman–Crippen MR) is 62.3 cm³/mol. The van der Waals surface area contributed by atoms with E-state index in [0.29, 0.717) is 13.1 Å². The highest BCUT2D eigenvalue weighted by atomic mass is 16.4. The monoisotopic (exact) mass is 230 g/mol. The molecule has 0 radical (unpaired) electrons. The van der Waals surface area contributed by atoms with Gasteiger partial charge in [0.25, 0.3) is 0 Å². The third-order valence-corrected chi connectivity index (χ3v) is 2.58. The van der Waals surface area contributed by atoms with E-state index >= 15 is 0 Å². The molecule has 0 saturated heterocycles. The highest BCUT2D eigenvalue weighted by Gasteiger charge is 2.16. The van der Waals surface area contributed by atoms with Crippen molar-refractivity contribution < 1.29 is 14.7 Å². The van der Waals surface area contributed by atoms with Crippen molar-refractivity contribution in [2.75, 3.05) is 26.7 Å². The third kappa shape index (κ3) is 5.70. The molecular weight excluding hydrogens is 208 g/mol. The highest BCUT2D eigenvalue weighted by Crippen LogP contribution is 2.01. The molecule has 16 heavy (non-hydrogen) atoms. The maximum Gasteiger partial charge on any atom is 0.304 e. The summed E-state index contributed by atoms with van der Waals surface area (Å²) in [6.45, 7) is 7.20. The van der Waals surface area contributed by atoms with Crippen molar-refractivity contribution >= 4 is 11.9 Å². The van der Waals surface area contributed by atoms with Crippen LogP contribution in [0.3, 0.4) is 0 Å². The number of carbonyl (C=O) groups is 2. The average molecular weight is 230 g/mol. The minimum absolute atomic E-state index is 0.0292. The lowest BCUT2D eigenvalue weighted by Crippen LogP contribution is -2.42. The molecule has 0 rings (SSSR count). The minimum atomic E-state index is -0.832. The van der Waals surface area contributed by atoms with Crippen LogP contribution in [0.4, 0.5) is 0 Å². The van der Waals surface area contributed by atoms with Gasteiger partial charge in [0.1, 0.15) is 0 Å². The van der Waals surface area contributed by atoms with Gasteiger partial charge in [0.2, 0.25) is 5.91 Å². The van der Waals surface area contributed by atoms with Crippen LogP contribution < -0.4 is 0 Å². The first kappa shape index (κ1) is 14.9. The second-order valence-corrected chi connectivity index (χ2v) is 4.12. The quantitative estimate of drug-likeness (QED) is 0.697. The van der Waals surface area contributed by atoms with Crippen LogP contribution in [0.15, 0.2) is 0 Å². The number of hydrogen-bond donors (Lipinski definition) is 1. The van der Waals surface area contributed by atoms with Crippen LogP contribution in [0.5, 0.6) is 0 Å². The summed E-state index contributed by atoms with van der Waals surface area (Å²) in [4.78, 5) is 25.7. The van der Waals surface area contributed by atoms with Gasteiger partial charge in [0.15, 0.2) is 0 Å². The van der Waals surface area contributed by atoms with Crippen LogP contribution in [0, 0.1) is 0 Å². The normalized spacial score (nSPS) is 10.9. The first-order chi connectivity index (χ1) is 7.38. The molecule has 0 unspecified atom stereocenters. The second-order valence-electron chi connectivity index (χ2n) is 4.12. The van der Waals surface area contributed by atoms with Crippen molar-refractivity contribution in [2.45, 2.75) is 33.2 Å². The molecule has 1 amide bonds.